The average Bonchev–Trinajstić information content (AvgIpc) is 2.75. The lowest BCUT2D eigenvalue weighted by molar-refractivity contribution is -0.138. The van der Waals surface area contributed by atoms with E-state index in [4.69, 9.17) is 5.11 Å². The van der Waals surface area contributed by atoms with Gasteiger partial charge in [0, 0.05) is 23.9 Å². The zero-order chi connectivity index (χ0) is 14.5. The van der Waals surface area contributed by atoms with Crippen molar-refractivity contribution >= 4 is 21.9 Å². The molecule has 7 heteroatoms. The molecule has 1 atom stereocenters. The third kappa shape index (κ3) is 4.12. The van der Waals surface area contributed by atoms with Crippen LogP contribution in [-0.2, 0) is 17.8 Å². The van der Waals surface area contributed by atoms with Gasteiger partial charge in [-0.2, -0.15) is 0 Å². The number of carbonyl (C=O) groups is 1. The topological polar surface area (TPSA) is 80.9 Å². The Labute approximate surface area is 124 Å². The Morgan fingerprint density at radius 3 is 3.00 bits per heavy atom. The van der Waals surface area contributed by atoms with E-state index in [9.17, 15) is 4.79 Å². The number of tetrazole rings is 1. The lowest BCUT2D eigenvalue weighted by Crippen LogP contribution is -2.15. The number of carboxylic acids is 1. The molecule has 106 valence electrons. The number of hydrogen-bond acceptors (Lipinski definition) is 4. The summed E-state index contributed by atoms with van der Waals surface area (Å²) in [5.41, 5.74) is 1.10. The van der Waals surface area contributed by atoms with Crippen LogP contribution >= 0.6 is 15.9 Å². The predicted octanol–water partition coefficient (Wildman–Crippen LogP) is 2.14. The molecule has 1 unspecified atom stereocenters. The quantitative estimate of drug-likeness (QED) is 0.872. The monoisotopic (exact) mass is 338 g/mol. The summed E-state index contributed by atoms with van der Waals surface area (Å²) in [4.78, 5) is 10.7. The van der Waals surface area contributed by atoms with Crippen LogP contribution in [0.2, 0.25) is 0 Å². The summed E-state index contributed by atoms with van der Waals surface area (Å²) < 4.78 is 2.68. The molecule has 0 bridgehead atoms. The highest BCUT2D eigenvalue weighted by Crippen LogP contribution is 2.15. The molecule has 0 aliphatic carbocycles. The molecule has 0 saturated heterocycles. The molecule has 2 aromatic rings. The first-order chi connectivity index (χ1) is 9.54. The number of aliphatic carboxylic acids is 1. The summed E-state index contributed by atoms with van der Waals surface area (Å²) in [7, 11) is 0. The van der Waals surface area contributed by atoms with E-state index in [1.807, 2.05) is 31.2 Å². The molecule has 0 saturated carbocycles. The molecule has 20 heavy (non-hydrogen) atoms. The largest absolute Gasteiger partial charge is 0.481 e. The Bertz CT molecular complexity index is 600. The van der Waals surface area contributed by atoms with Gasteiger partial charge in [-0.05, 0) is 34.0 Å². The molecule has 2 rings (SSSR count). The summed E-state index contributed by atoms with van der Waals surface area (Å²) in [6.07, 6.45) is 0.725. The molecule has 1 heterocycles. The van der Waals surface area contributed by atoms with E-state index >= 15 is 0 Å². The second-order valence-corrected chi connectivity index (χ2v) is 5.70. The van der Waals surface area contributed by atoms with Crippen molar-refractivity contribution < 1.29 is 9.90 Å². The van der Waals surface area contributed by atoms with E-state index in [2.05, 4.69) is 31.5 Å². The lowest BCUT2D eigenvalue weighted by atomic mass is 10.1. The van der Waals surface area contributed by atoms with Crippen LogP contribution in [0.15, 0.2) is 28.7 Å². The molecule has 1 aromatic carbocycles. The fourth-order valence-corrected chi connectivity index (χ4v) is 2.43. The normalized spacial score (nSPS) is 12.3. The minimum absolute atomic E-state index is 0.0164. The third-order valence-corrected chi connectivity index (χ3v) is 3.36. The van der Waals surface area contributed by atoms with Gasteiger partial charge in [0.1, 0.15) is 0 Å². The van der Waals surface area contributed by atoms with Crippen molar-refractivity contribution in [3.63, 3.8) is 0 Å². The first kappa shape index (κ1) is 14.6. The number of hydrogen-bond donors (Lipinski definition) is 1. The molecular weight excluding hydrogens is 324 g/mol. The molecule has 0 aliphatic heterocycles. The Morgan fingerprint density at radius 1 is 1.50 bits per heavy atom. The maximum absolute atomic E-state index is 10.7. The van der Waals surface area contributed by atoms with Gasteiger partial charge in [0.05, 0.1) is 0 Å². The van der Waals surface area contributed by atoms with Gasteiger partial charge in [-0.3, -0.25) is 4.79 Å². The van der Waals surface area contributed by atoms with Gasteiger partial charge in [0.25, 0.3) is 0 Å². The van der Waals surface area contributed by atoms with Crippen molar-refractivity contribution in [3.05, 3.63) is 40.1 Å². The van der Waals surface area contributed by atoms with Gasteiger partial charge in [0.15, 0.2) is 5.82 Å². The highest BCUT2D eigenvalue weighted by Gasteiger charge is 2.13. The fourth-order valence-electron chi connectivity index (χ4n) is 1.98. The number of carboxylic acid groups (broad SMARTS) is 1. The molecule has 0 spiro atoms. The van der Waals surface area contributed by atoms with Crippen molar-refractivity contribution in [1.29, 1.82) is 0 Å². The summed E-state index contributed by atoms with van der Waals surface area (Å²) in [5.74, 6) is -0.0864. The first-order valence-electron chi connectivity index (χ1n) is 6.26. The van der Waals surface area contributed by atoms with Gasteiger partial charge in [-0.15, -0.1) is 5.10 Å². The minimum atomic E-state index is -0.806. The van der Waals surface area contributed by atoms with Crippen molar-refractivity contribution in [1.82, 2.24) is 20.2 Å². The van der Waals surface area contributed by atoms with Crippen molar-refractivity contribution in [2.45, 2.75) is 26.3 Å². The molecular formula is C13H15BrN4O2. The second kappa shape index (κ2) is 6.60. The molecule has 0 aliphatic rings. The lowest BCUT2D eigenvalue weighted by Gasteiger charge is -2.10. The van der Waals surface area contributed by atoms with Crippen LogP contribution in [0.1, 0.15) is 24.7 Å². The van der Waals surface area contributed by atoms with Gasteiger partial charge in [0.2, 0.25) is 0 Å². The van der Waals surface area contributed by atoms with E-state index in [1.54, 1.807) is 4.68 Å². The van der Waals surface area contributed by atoms with E-state index in [0.29, 0.717) is 13.0 Å². The van der Waals surface area contributed by atoms with Crippen molar-refractivity contribution in [2.24, 2.45) is 5.92 Å². The summed E-state index contributed by atoms with van der Waals surface area (Å²) in [5, 5.41) is 20.4. The highest BCUT2D eigenvalue weighted by molar-refractivity contribution is 9.10. The maximum atomic E-state index is 10.7. The van der Waals surface area contributed by atoms with Gasteiger partial charge >= 0.3 is 5.97 Å². The van der Waals surface area contributed by atoms with E-state index < -0.39 is 5.97 Å². The van der Waals surface area contributed by atoms with Crippen LogP contribution < -0.4 is 0 Å². The zero-order valence-electron chi connectivity index (χ0n) is 11.0. The maximum Gasteiger partial charge on any atom is 0.303 e. The summed E-state index contributed by atoms with van der Waals surface area (Å²) in [6.45, 7) is 2.38. The van der Waals surface area contributed by atoms with Gasteiger partial charge in [-0.25, -0.2) is 4.68 Å². The second-order valence-electron chi connectivity index (χ2n) is 4.79. The van der Waals surface area contributed by atoms with Crippen LogP contribution in [-0.4, -0.2) is 31.3 Å². The molecule has 0 amide bonds. The predicted molar refractivity (Wildman–Crippen MR) is 76.2 cm³/mol. The zero-order valence-corrected chi connectivity index (χ0v) is 12.6. The fraction of sp³-hybridized carbons (Fsp3) is 0.385. The van der Waals surface area contributed by atoms with Crippen LogP contribution in [0, 0.1) is 5.92 Å². The van der Waals surface area contributed by atoms with Gasteiger partial charge in [-0.1, -0.05) is 35.0 Å². The van der Waals surface area contributed by atoms with Gasteiger partial charge < -0.3 is 5.11 Å². The number of nitrogens with zero attached hydrogens (tertiary/aromatic N) is 4. The summed E-state index contributed by atoms with van der Waals surface area (Å²) in [6, 6.07) is 7.94. The number of benzene rings is 1. The molecule has 1 N–H and O–H groups in total. The van der Waals surface area contributed by atoms with Crippen molar-refractivity contribution in [3.8, 4) is 0 Å². The Kier molecular flexibility index (Phi) is 4.84. The number of halogens is 1. The van der Waals surface area contributed by atoms with Crippen LogP contribution in [0.25, 0.3) is 0 Å². The number of aromatic nitrogens is 4. The van der Waals surface area contributed by atoms with E-state index in [1.165, 1.54) is 0 Å². The summed E-state index contributed by atoms with van der Waals surface area (Å²) >= 11 is 3.43. The van der Waals surface area contributed by atoms with Crippen LogP contribution in [0.4, 0.5) is 0 Å². The SMILES string of the molecule is CC(CC(=O)O)Cn1nnnc1Cc1cccc(Br)c1. The Hall–Kier alpha value is -1.76. The van der Waals surface area contributed by atoms with E-state index in [-0.39, 0.29) is 12.3 Å². The highest BCUT2D eigenvalue weighted by atomic mass is 79.9. The minimum Gasteiger partial charge on any atom is -0.481 e. The molecule has 0 radical (unpaired) electrons. The number of rotatable bonds is 6. The molecule has 0 fully saturated rings. The Morgan fingerprint density at radius 2 is 2.30 bits per heavy atom. The third-order valence-electron chi connectivity index (χ3n) is 2.87. The molecule has 1 aromatic heterocycles. The van der Waals surface area contributed by atoms with Crippen molar-refractivity contribution in [2.75, 3.05) is 0 Å². The van der Waals surface area contributed by atoms with Crippen LogP contribution in [0.5, 0.6) is 0 Å². The molecule has 6 nitrogen and oxygen atoms in total. The Balaban J connectivity index is 2.07. The van der Waals surface area contributed by atoms with Crippen LogP contribution in [0.3, 0.4) is 0 Å². The van der Waals surface area contributed by atoms with E-state index in [0.717, 1.165) is 15.9 Å². The smallest absolute Gasteiger partial charge is 0.303 e. The standard InChI is InChI=1S/C13H15BrN4O2/c1-9(5-13(19)20)8-18-12(15-16-17-18)7-10-3-2-4-11(14)6-10/h2-4,6,9H,5,7-8H2,1H3,(H,19,20). The first-order valence-corrected chi connectivity index (χ1v) is 7.05. The average molecular weight is 339 g/mol.